The van der Waals surface area contributed by atoms with Gasteiger partial charge >= 0.3 is 0 Å². The highest BCUT2D eigenvalue weighted by Gasteiger charge is 2.16. The van der Waals surface area contributed by atoms with Gasteiger partial charge in [0.05, 0.1) is 19.8 Å². The third-order valence-corrected chi connectivity index (χ3v) is 4.50. The Balaban J connectivity index is 1.56. The summed E-state index contributed by atoms with van der Waals surface area (Å²) in [6, 6.07) is 5.98. The fraction of sp³-hybridized carbons (Fsp3) is 0.421. The topological polar surface area (TPSA) is 85.4 Å². The van der Waals surface area contributed by atoms with Crippen LogP contribution in [0.1, 0.15) is 41.6 Å². The van der Waals surface area contributed by atoms with E-state index in [2.05, 4.69) is 20.6 Å². The van der Waals surface area contributed by atoms with Crippen LogP contribution in [-0.2, 0) is 6.54 Å². The molecular weight excluding hydrogens is 332 g/mol. The fourth-order valence-corrected chi connectivity index (χ4v) is 3.05. The van der Waals surface area contributed by atoms with E-state index < -0.39 is 0 Å². The van der Waals surface area contributed by atoms with Crippen LogP contribution in [-0.4, -0.2) is 36.1 Å². The van der Waals surface area contributed by atoms with E-state index in [0.29, 0.717) is 35.6 Å². The normalized spacial score (nSPS) is 14.1. The highest BCUT2D eigenvalue weighted by molar-refractivity contribution is 5.93. The van der Waals surface area contributed by atoms with Gasteiger partial charge < -0.3 is 20.1 Å². The van der Waals surface area contributed by atoms with Gasteiger partial charge in [0.15, 0.2) is 11.5 Å². The van der Waals surface area contributed by atoms with Crippen molar-refractivity contribution in [3.63, 3.8) is 0 Å². The van der Waals surface area contributed by atoms with Crippen molar-refractivity contribution in [2.24, 2.45) is 0 Å². The molecule has 7 heteroatoms. The first-order chi connectivity index (χ1) is 12.7. The third-order valence-electron chi connectivity index (χ3n) is 4.50. The number of benzene rings is 1. The molecule has 1 aromatic heterocycles. The minimum Gasteiger partial charge on any atom is -0.493 e. The van der Waals surface area contributed by atoms with E-state index in [-0.39, 0.29) is 5.91 Å². The number of hydrogen-bond donors (Lipinski definition) is 2. The van der Waals surface area contributed by atoms with E-state index in [1.807, 2.05) is 18.2 Å². The van der Waals surface area contributed by atoms with Crippen LogP contribution in [0.3, 0.4) is 0 Å². The monoisotopic (exact) mass is 356 g/mol. The molecule has 0 unspecified atom stereocenters. The van der Waals surface area contributed by atoms with Crippen molar-refractivity contribution in [1.29, 1.82) is 0 Å². The molecule has 26 heavy (non-hydrogen) atoms. The Hall–Kier alpha value is -2.83. The summed E-state index contributed by atoms with van der Waals surface area (Å²) >= 11 is 0. The zero-order valence-electron chi connectivity index (χ0n) is 15.1. The molecule has 3 rings (SSSR count). The molecule has 0 radical (unpaired) electrons. The minimum absolute atomic E-state index is 0.216. The number of anilines is 1. The molecule has 1 aliphatic rings. The summed E-state index contributed by atoms with van der Waals surface area (Å²) in [6.45, 7) is 0.376. The lowest BCUT2D eigenvalue weighted by atomic mass is 10.2. The van der Waals surface area contributed by atoms with E-state index in [1.165, 1.54) is 12.8 Å². The maximum absolute atomic E-state index is 12.3. The van der Waals surface area contributed by atoms with E-state index in [1.54, 1.807) is 26.6 Å². The molecule has 0 saturated heterocycles. The summed E-state index contributed by atoms with van der Waals surface area (Å²) in [4.78, 5) is 20.8. The van der Waals surface area contributed by atoms with Crippen molar-refractivity contribution in [3.05, 3.63) is 41.7 Å². The molecule has 1 heterocycles. The molecule has 1 aromatic carbocycles. The number of nitrogens with one attached hydrogen (secondary N) is 2. The Kier molecular flexibility index (Phi) is 5.88. The molecule has 0 aliphatic heterocycles. The number of methoxy groups -OCH3 is 2. The number of hydrogen-bond acceptors (Lipinski definition) is 6. The van der Waals surface area contributed by atoms with E-state index >= 15 is 0 Å². The SMILES string of the molecule is COc1ccc(CNC(=O)c2cnc(NC3CCCC3)nc2)cc1OC. The largest absolute Gasteiger partial charge is 0.493 e. The van der Waals surface area contributed by atoms with Crippen molar-refractivity contribution in [2.75, 3.05) is 19.5 Å². The number of amides is 1. The Labute approximate surface area is 153 Å². The first kappa shape index (κ1) is 18.0. The van der Waals surface area contributed by atoms with Gasteiger partial charge in [-0.1, -0.05) is 18.9 Å². The van der Waals surface area contributed by atoms with Crippen LogP contribution in [0.15, 0.2) is 30.6 Å². The second kappa shape index (κ2) is 8.51. The molecule has 7 nitrogen and oxygen atoms in total. The average Bonchev–Trinajstić information content (AvgIpc) is 3.19. The zero-order valence-corrected chi connectivity index (χ0v) is 15.1. The quantitative estimate of drug-likeness (QED) is 0.793. The van der Waals surface area contributed by atoms with Crippen LogP contribution in [0.2, 0.25) is 0 Å². The molecule has 1 saturated carbocycles. The summed E-state index contributed by atoms with van der Waals surface area (Å²) in [7, 11) is 3.17. The van der Waals surface area contributed by atoms with Crippen LogP contribution in [0.5, 0.6) is 11.5 Å². The van der Waals surface area contributed by atoms with Gasteiger partial charge in [-0.3, -0.25) is 4.79 Å². The van der Waals surface area contributed by atoms with Gasteiger partial charge in [-0.2, -0.15) is 0 Å². The highest BCUT2D eigenvalue weighted by Crippen LogP contribution is 2.27. The number of carbonyl (C=O) groups is 1. The molecule has 0 spiro atoms. The molecular formula is C19H24N4O3. The Morgan fingerprint density at radius 2 is 1.81 bits per heavy atom. The van der Waals surface area contributed by atoms with Gasteiger partial charge in [-0.05, 0) is 30.5 Å². The molecule has 2 aromatic rings. The Bertz CT molecular complexity index is 743. The third kappa shape index (κ3) is 4.41. The van der Waals surface area contributed by atoms with Gasteiger partial charge in [0.25, 0.3) is 5.91 Å². The number of rotatable bonds is 7. The number of nitrogens with zero attached hydrogens (tertiary/aromatic N) is 2. The average molecular weight is 356 g/mol. The number of aromatic nitrogens is 2. The maximum atomic E-state index is 12.3. The van der Waals surface area contributed by atoms with Crippen LogP contribution in [0, 0.1) is 0 Å². The van der Waals surface area contributed by atoms with Gasteiger partial charge in [-0.15, -0.1) is 0 Å². The van der Waals surface area contributed by atoms with Crippen LogP contribution in [0.25, 0.3) is 0 Å². The molecule has 1 fully saturated rings. The first-order valence-corrected chi connectivity index (χ1v) is 8.77. The van der Waals surface area contributed by atoms with Crippen molar-refractivity contribution in [2.45, 2.75) is 38.3 Å². The summed E-state index contributed by atoms with van der Waals surface area (Å²) in [5.74, 6) is 1.65. The lowest BCUT2D eigenvalue weighted by Crippen LogP contribution is -2.23. The van der Waals surface area contributed by atoms with Crippen molar-refractivity contribution >= 4 is 11.9 Å². The van der Waals surface area contributed by atoms with Crippen LogP contribution in [0.4, 0.5) is 5.95 Å². The molecule has 2 N–H and O–H groups in total. The standard InChI is InChI=1S/C19H24N4O3/c1-25-16-8-7-13(9-17(16)26-2)10-20-18(24)14-11-21-19(22-12-14)23-15-5-3-4-6-15/h7-9,11-12,15H,3-6,10H2,1-2H3,(H,20,24)(H,21,22,23). The summed E-state index contributed by atoms with van der Waals surface area (Å²) in [6.07, 6.45) is 7.89. The lowest BCUT2D eigenvalue weighted by molar-refractivity contribution is 0.0950. The Morgan fingerprint density at radius 1 is 1.12 bits per heavy atom. The van der Waals surface area contributed by atoms with Gasteiger partial charge in [0.2, 0.25) is 5.95 Å². The second-order valence-corrected chi connectivity index (χ2v) is 6.29. The van der Waals surface area contributed by atoms with Gasteiger partial charge in [0, 0.05) is 25.0 Å². The van der Waals surface area contributed by atoms with E-state index in [4.69, 9.17) is 9.47 Å². The van der Waals surface area contributed by atoms with E-state index in [0.717, 1.165) is 18.4 Å². The summed E-state index contributed by atoms with van der Waals surface area (Å²) in [5.41, 5.74) is 1.35. The van der Waals surface area contributed by atoms with Crippen LogP contribution >= 0.6 is 0 Å². The zero-order chi connectivity index (χ0) is 18.4. The van der Waals surface area contributed by atoms with Gasteiger partial charge in [0.1, 0.15) is 0 Å². The van der Waals surface area contributed by atoms with Crippen LogP contribution < -0.4 is 20.1 Å². The van der Waals surface area contributed by atoms with Crippen molar-refractivity contribution in [3.8, 4) is 11.5 Å². The number of carbonyl (C=O) groups excluding carboxylic acids is 1. The Morgan fingerprint density at radius 3 is 2.46 bits per heavy atom. The smallest absolute Gasteiger partial charge is 0.254 e. The molecule has 138 valence electrons. The highest BCUT2D eigenvalue weighted by atomic mass is 16.5. The molecule has 0 bridgehead atoms. The molecule has 1 aliphatic carbocycles. The van der Waals surface area contributed by atoms with Crippen molar-refractivity contribution < 1.29 is 14.3 Å². The first-order valence-electron chi connectivity index (χ1n) is 8.77. The molecule has 1 amide bonds. The van der Waals surface area contributed by atoms with Crippen molar-refractivity contribution in [1.82, 2.24) is 15.3 Å². The minimum atomic E-state index is -0.216. The second-order valence-electron chi connectivity index (χ2n) is 6.29. The predicted molar refractivity (Wildman–Crippen MR) is 98.6 cm³/mol. The van der Waals surface area contributed by atoms with Gasteiger partial charge in [-0.25, -0.2) is 9.97 Å². The molecule has 0 atom stereocenters. The summed E-state index contributed by atoms with van der Waals surface area (Å²) < 4.78 is 10.5. The fourth-order valence-electron chi connectivity index (χ4n) is 3.05. The lowest BCUT2D eigenvalue weighted by Gasteiger charge is -2.12. The maximum Gasteiger partial charge on any atom is 0.254 e. The summed E-state index contributed by atoms with van der Waals surface area (Å²) in [5, 5.41) is 6.17. The van der Waals surface area contributed by atoms with E-state index in [9.17, 15) is 4.79 Å². The number of ether oxygens (including phenoxy) is 2. The predicted octanol–water partition coefficient (Wildman–Crippen LogP) is 2.78.